The molecule has 1 aromatic rings. The Labute approximate surface area is 109 Å². The number of piperazine rings is 1. The molecule has 1 aromatic carbocycles. The summed E-state index contributed by atoms with van der Waals surface area (Å²) in [7, 11) is 0. The van der Waals surface area contributed by atoms with Crippen LogP contribution in [0.4, 0.5) is 0 Å². The highest BCUT2D eigenvalue weighted by Gasteiger charge is 2.26. The van der Waals surface area contributed by atoms with E-state index in [0.717, 1.165) is 38.5 Å². The average Bonchev–Trinajstić information content (AvgIpc) is 2.48. The Morgan fingerprint density at radius 1 is 1.41 bits per heavy atom. The molecule has 0 radical (unpaired) electrons. The topological polar surface area (TPSA) is 24.5 Å². The van der Waals surface area contributed by atoms with Crippen LogP contribution in [0, 0.1) is 6.92 Å². The van der Waals surface area contributed by atoms with Gasteiger partial charge in [-0.25, -0.2) is 0 Å². The lowest BCUT2D eigenvalue weighted by atomic mass is 10.1. The molecule has 2 aliphatic heterocycles. The fraction of sp³-hybridized carbons (Fsp3) is 0.538. The molecule has 4 heteroatoms. The van der Waals surface area contributed by atoms with Gasteiger partial charge in [0.25, 0.3) is 0 Å². The Balaban J connectivity index is 0.00000108. The molecule has 1 fully saturated rings. The standard InChI is InChI=1S/C13H18N2O.ClH/c1-10-2-3-11-8-15-5-4-14-7-12(15)9-16-13(11)6-10;/h2-3,6,12,14H,4-5,7-9H2,1H3;1H. The number of nitrogens with zero attached hydrogens (tertiary/aromatic N) is 1. The molecule has 94 valence electrons. The molecule has 1 saturated heterocycles. The van der Waals surface area contributed by atoms with Crippen molar-refractivity contribution in [3.63, 3.8) is 0 Å². The van der Waals surface area contributed by atoms with Gasteiger partial charge in [-0.05, 0) is 18.6 Å². The highest BCUT2D eigenvalue weighted by Crippen LogP contribution is 2.26. The molecule has 0 saturated carbocycles. The summed E-state index contributed by atoms with van der Waals surface area (Å²) in [5.41, 5.74) is 2.60. The molecule has 1 atom stereocenters. The SMILES string of the molecule is Cc1ccc2c(c1)OCC1CNCCN1C2.Cl. The Morgan fingerprint density at radius 2 is 2.29 bits per heavy atom. The molecule has 3 rings (SSSR count). The fourth-order valence-electron chi connectivity index (χ4n) is 2.51. The zero-order valence-corrected chi connectivity index (χ0v) is 10.9. The summed E-state index contributed by atoms with van der Waals surface area (Å²) in [4.78, 5) is 2.53. The first kappa shape index (κ1) is 12.7. The van der Waals surface area contributed by atoms with Crippen LogP contribution < -0.4 is 10.1 Å². The van der Waals surface area contributed by atoms with Crippen molar-refractivity contribution in [3.8, 4) is 5.75 Å². The predicted octanol–water partition coefficient (Wildman–Crippen LogP) is 1.58. The zero-order chi connectivity index (χ0) is 11.0. The van der Waals surface area contributed by atoms with Crippen LogP contribution in [0.1, 0.15) is 11.1 Å². The molecule has 1 N–H and O–H groups in total. The Kier molecular flexibility index (Phi) is 3.92. The quantitative estimate of drug-likeness (QED) is 0.761. The fourth-order valence-corrected chi connectivity index (χ4v) is 2.51. The zero-order valence-electron chi connectivity index (χ0n) is 10.1. The lowest BCUT2D eigenvalue weighted by molar-refractivity contribution is 0.120. The Hall–Kier alpha value is -0.770. The van der Waals surface area contributed by atoms with Gasteiger partial charge in [-0.1, -0.05) is 12.1 Å². The minimum atomic E-state index is 0. The Morgan fingerprint density at radius 3 is 3.18 bits per heavy atom. The van der Waals surface area contributed by atoms with Gasteiger partial charge >= 0.3 is 0 Å². The second-order valence-corrected chi connectivity index (χ2v) is 4.75. The summed E-state index contributed by atoms with van der Waals surface area (Å²) in [5, 5.41) is 3.43. The number of aryl methyl sites for hydroxylation is 1. The van der Waals surface area contributed by atoms with E-state index < -0.39 is 0 Å². The molecule has 0 bridgehead atoms. The summed E-state index contributed by atoms with van der Waals surface area (Å²) in [6.45, 7) is 7.22. The van der Waals surface area contributed by atoms with Crippen LogP contribution in [0.3, 0.4) is 0 Å². The lowest BCUT2D eigenvalue weighted by Gasteiger charge is -2.33. The van der Waals surface area contributed by atoms with Crippen LogP contribution in [0.5, 0.6) is 5.75 Å². The van der Waals surface area contributed by atoms with Crippen molar-refractivity contribution in [2.24, 2.45) is 0 Å². The van der Waals surface area contributed by atoms with Gasteiger partial charge in [0.15, 0.2) is 0 Å². The van der Waals surface area contributed by atoms with E-state index in [-0.39, 0.29) is 12.4 Å². The average molecular weight is 255 g/mol. The summed E-state index contributed by atoms with van der Waals surface area (Å²) >= 11 is 0. The molecule has 0 aliphatic carbocycles. The maximum absolute atomic E-state index is 5.92. The van der Waals surface area contributed by atoms with E-state index in [1.165, 1.54) is 11.1 Å². The van der Waals surface area contributed by atoms with E-state index in [4.69, 9.17) is 4.74 Å². The van der Waals surface area contributed by atoms with Crippen molar-refractivity contribution in [2.45, 2.75) is 19.5 Å². The van der Waals surface area contributed by atoms with E-state index >= 15 is 0 Å². The molecule has 2 heterocycles. The normalized spacial score (nSPS) is 23.7. The largest absolute Gasteiger partial charge is 0.492 e. The lowest BCUT2D eigenvalue weighted by Crippen LogP contribution is -2.52. The molecule has 3 nitrogen and oxygen atoms in total. The van der Waals surface area contributed by atoms with Gasteiger partial charge < -0.3 is 10.1 Å². The van der Waals surface area contributed by atoms with Crippen LogP contribution in [0.15, 0.2) is 18.2 Å². The summed E-state index contributed by atoms with van der Waals surface area (Å²) in [5.74, 6) is 1.08. The van der Waals surface area contributed by atoms with Gasteiger partial charge in [0.05, 0.1) is 6.04 Å². The van der Waals surface area contributed by atoms with Gasteiger partial charge in [-0.2, -0.15) is 0 Å². The van der Waals surface area contributed by atoms with Gasteiger partial charge in [-0.15, -0.1) is 12.4 Å². The highest BCUT2D eigenvalue weighted by molar-refractivity contribution is 5.85. The number of hydrogen-bond donors (Lipinski definition) is 1. The summed E-state index contributed by atoms with van der Waals surface area (Å²) in [6.07, 6.45) is 0. The number of nitrogens with one attached hydrogen (secondary N) is 1. The van der Waals surface area contributed by atoms with Crippen molar-refractivity contribution in [3.05, 3.63) is 29.3 Å². The maximum Gasteiger partial charge on any atom is 0.124 e. The molecule has 0 spiro atoms. The second-order valence-electron chi connectivity index (χ2n) is 4.75. The number of rotatable bonds is 0. The molecular formula is C13H19ClN2O. The Bertz CT molecular complexity index is 397. The predicted molar refractivity (Wildman–Crippen MR) is 71.0 cm³/mol. The monoisotopic (exact) mass is 254 g/mol. The molecule has 2 aliphatic rings. The first-order valence-electron chi connectivity index (χ1n) is 6.00. The number of fused-ring (bicyclic) bond motifs is 2. The highest BCUT2D eigenvalue weighted by atomic mass is 35.5. The molecule has 1 unspecified atom stereocenters. The van der Waals surface area contributed by atoms with Crippen LogP contribution in [-0.2, 0) is 6.54 Å². The third-order valence-electron chi connectivity index (χ3n) is 3.50. The van der Waals surface area contributed by atoms with E-state index in [0.29, 0.717) is 6.04 Å². The number of ether oxygens (including phenoxy) is 1. The van der Waals surface area contributed by atoms with Gasteiger partial charge in [0, 0.05) is 31.7 Å². The minimum Gasteiger partial charge on any atom is -0.492 e. The van der Waals surface area contributed by atoms with E-state index in [9.17, 15) is 0 Å². The van der Waals surface area contributed by atoms with Crippen LogP contribution in [0.2, 0.25) is 0 Å². The molecular weight excluding hydrogens is 236 g/mol. The third kappa shape index (κ3) is 2.57. The second kappa shape index (κ2) is 5.25. The van der Waals surface area contributed by atoms with Crippen molar-refractivity contribution in [1.29, 1.82) is 0 Å². The number of halogens is 1. The van der Waals surface area contributed by atoms with Crippen molar-refractivity contribution < 1.29 is 4.74 Å². The van der Waals surface area contributed by atoms with Crippen molar-refractivity contribution in [1.82, 2.24) is 10.2 Å². The van der Waals surface area contributed by atoms with Gasteiger partial charge in [0.1, 0.15) is 12.4 Å². The van der Waals surface area contributed by atoms with Crippen LogP contribution >= 0.6 is 12.4 Å². The van der Waals surface area contributed by atoms with Crippen molar-refractivity contribution >= 4 is 12.4 Å². The third-order valence-corrected chi connectivity index (χ3v) is 3.50. The summed E-state index contributed by atoms with van der Waals surface area (Å²) < 4.78 is 5.92. The number of benzene rings is 1. The first-order valence-corrected chi connectivity index (χ1v) is 6.00. The maximum atomic E-state index is 5.92. The minimum absolute atomic E-state index is 0. The van der Waals surface area contributed by atoms with Gasteiger partial charge in [0.2, 0.25) is 0 Å². The molecule has 17 heavy (non-hydrogen) atoms. The molecule has 0 aromatic heterocycles. The van der Waals surface area contributed by atoms with E-state index in [1.807, 2.05) is 0 Å². The van der Waals surface area contributed by atoms with E-state index in [2.05, 4.69) is 35.3 Å². The van der Waals surface area contributed by atoms with Crippen LogP contribution in [0.25, 0.3) is 0 Å². The smallest absolute Gasteiger partial charge is 0.124 e. The van der Waals surface area contributed by atoms with Crippen molar-refractivity contribution in [2.75, 3.05) is 26.2 Å². The van der Waals surface area contributed by atoms with Gasteiger partial charge in [-0.3, -0.25) is 4.90 Å². The molecule has 0 amide bonds. The summed E-state index contributed by atoms with van der Waals surface area (Å²) in [6, 6.07) is 7.06. The first-order chi connectivity index (χ1) is 7.83. The van der Waals surface area contributed by atoms with Crippen LogP contribution in [-0.4, -0.2) is 37.2 Å². The van der Waals surface area contributed by atoms with E-state index in [1.54, 1.807) is 0 Å². The number of hydrogen-bond acceptors (Lipinski definition) is 3.